The minimum absolute atomic E-state index is 0.0963. The van der Waals surface area contributed by atoms with Gasteiger partial charge in [0, 0.05) is 19.6 Å². The lowest BCUT2D eigenvalue weighted by Gasteiger charge is -2.29. The third kappa shape index (κ3) is 3.72. The number of rotatable bonds is 4. The maximum absolute atomic E-state index is 9.46. The van der Waals surface area contributed by atoms with Crippen LogP contribution in [0.15, 0.2) is 24.3 Å². The lowest BCUT2D eigenvalue weighted by molar-refractivity contribution is 0.0792. The van der Waals surface area contributed by atoms with Gasteiger partial charge in [0.15, 0.2) is 0 Å². The van der Waals surface area contributed by atoms with E-state index in [1.165, 1.54) is 5.56 Å². The number of hydrogen-bond acceptors (Lipinski definition) is 3. The van der Waals surface area contributed by atoms with Gasteiger partial charge in [0.2, 0.25) is 0 Å². The van der Waals surface area contributed by atoms with Crippen LogP contribution in [0, 0.1) is 0 Å². The molecule has 2 rings (SSSR count). The van der Waals surface area contributed by atoms with Crippen LogP contribution in [0.2, 0.25) is 0 Å². The monoisotopic (exact) mass is 235 g/mol. The summed E-state index contributed by atoms with van der Waals surface area (Å²) in [4.78, 5) is 2.39. The molecule has 0 bridgehead atoms. The predicted molar refractivity (Wildman–Crippen MR) is 68.1 cm³/mol. The van der Waals surface area contributed by atoms with Gasteiger partial charge in [-0.25, -0.2) is 0 Å². The zero-order valence-electron chi connectivity index (χ0n) is 10.4. The second-order valence-electron chi connectivity index (χ2n) is 4.59. The zero-order valence-corrected chi connectivity index (χ0v) is 10.4. The molecule has 1 aromatic rings. The maximum Gasteiger partial charge on any atom is 0.119 e. The van der Waals surface area contributed by atoms with Gasteiger partial charge >= 0.3 is 0 Å². The van der Waals surface area contributed by atoms with E-state index < -0.39 is 0 Å². The van der Waals surface area contributed by atoms with E-state index in [1.54, 1.807) is 0 Å². The standard InChI is InChI=1S/C14H21NO2/c1-2-17-14-5-3-4-12(10-14)11-15-8-6-13(16)7-9-15/h3-5,10,13,16H,2,6-9,11H2,1H3. The highest BCUT2D eigenvalue weighted by Crippen LogP contribution is 2.17. The van der Waals surface area contributed by atoms with Gasteiger partial charge in [0.05, 0.1) is 12.7 Å². The van der Waals surface area contributed by atoms with Gasteiger partial charge < -0.3 is 9.84 Å². The van der Waals surface area contributed by atoms with Crippen LogP contribution in [0.1, 0.15) is 25.3 Å². The van der Waals surface area contributed by atoms with Crippen molar-refractivity contribution in [2.75, 3.05) is 19.7 Å². The van der Waals surface area contributed by atoms with Crippen LogP contribution in [0.25, 0.3) is 0 Å². The smallest absolute Gasteiger partial charge is 0.119 e. The summed E-state index contributed by atoms with van der Waals surface area (Å²) >= 11 is 0. The first-order chi connectivity index (χ1) is 8.28. The summed E-state index contributed by atoms with van der Waals surface area (Å²) in [6, 6.07) is 8.27. The topological polar surface area (TPSA) is 32.7 Å². The van der Waals surface area contributed by atoms with Crippen molar-refractivity contribution < 1.29 is 9.84 Å². The summed E-state index contributed by atoms with van der Waals surface area (Å²) in [5.41, 5.74) is 1.28. The quantitative estimate of drug-likeness (QED) is 0.867. The van der Waals surface area contributed by atoms with E-state index in [0.717, 1.165) is 38.2 Å². The molecule has 0 aliphatic carbocycles. The summed E-state index contributed by atoms with van der Waals surface area (Å²) in [5, 5.41) is 9.46. The third-order valence-corrected chi connectivity index (χ3v) is 3.17. The maximum atomic E-state index is 9.46. The number of piperidine rings is 1. The number of aliphatic hydroxyl groups is 1. The Labute approximate surface area is 103 Å². The number of hydrogen-bond donors (Lipinski definition) is 1. The van der Waals surface area contributed by atoms with Crippen molar-refractivity contribution in [1.29, 1.82) is 0 Å². The fraction of sp³-hybridized carbons (Fsp3) is 0.571. The Bertz CT molecular complexity index is 346. The van der Waals surface area contributed by atoms with Gasteiger partial charge in [-0.05, 0) is 37.5 Å². The molecule has 0 unspecified atom stereocenters. The summed E-state index contributed by atoms with van der Waals surface area (Å²) in [6.07, 6.45) is 1.69. The molecule has 1 aromatic carbocycles. The molecule has 0 amide bonds. The highest BCUT2D eigenvalue weighted by molar-refractivity contribution is 5.28. The predicted octanol–water partition coefficient (Wildman–Crippen LogP) is 2.04. The number of nitrogens with zero attached hydrogens (tertiary/aromatic N) is 1. The SMILES string of the molecule is CCOc1cccc(CN2CCC(O)CC2)c1. The molecule has 94 valence electrons. The minimum atomic E-state index is -0.0963. The van der Waals surface area contributed by atoms with Crippen LogP contribution < -0.4 is 4.74 Å². The molecule has 1 N–H and O–H groups in total. The first-order valence-electron chi connectivity index (χ1n) is 6.40. The Hall–Kier alpha value is -1.06. The molecule has 1 heterocycles. The summed E-state index contributed by atoms with van der Waals surface area (Å²) in [6.45, 7) is 5.63. The van der Waals surface area contributed by atoms with Crippen LogP contribution in [-0.4, -0.2) is 35.8 Å². The normalized spacial score (nSPS) is 18.2. The number of benzene rings is 1. The van der Waals surface area contributed by atoms with E-state index in [-0.39, 0.29) is 6.10 Å². The van der Waals surface area contributed by atoms with Crippen LogP contribution >= 0.6 is 0 Å². The molecule has 0 saturated carbocycles. The van der Waals surface area contributed by atoms with E-state index in [0.29, 0.717) is 6.61 Å². The molecule has 0 atom stereocenters. The summed E-state index contributed by atoms with van der Waals surface area (Å²) in [7, 11) is 0. The van der Waals surface area contributed by atoms with Crippen molar-refractivity contribution in [2.24, 2.45) is 0 Å². The summed E-state index contributed by atoms with van der Waals surface area (Å²) < 4.78 is 5.49. The van der Waals surface area contributed by atoms with E-state index in [9.17, 15) is 5.11 Å². The molecule has 17 heavy (non-hydrogen) atoms. The summed E-state index contributed by atoms with van der Waals surface area (Å²) in [5.74, 6) is 0.946. The zero-order chi connectivity index (χ0) is 12.1. The molecule has 1 aliphatic heterocycles. The minimum Gasteiger partial charge on any atom is -0.494 e. The molecule has 1 fully saturated rings. The molecule has 1 saturated heterocycles. The Morgan fingerprint density at radius 1 is 1.35 bits per heavy atom. The Balaban J connectivity index is 1.91. The van der Waals surface area contributed by atoms with Gasteiger partial charge in [0.25, 0.3) is 0 Å². The van der Waals surface area contributed by atoms with Gasteiger partial charge in [-0.15, -0.1) is 0 Å². The van der Waals surface area contributed by atoms with Crippen molar-refractivity contribution in [1.82, 2.24) is 4.90 Å². The molecular weight excluding hydrogens is 214 g/mol. The molecule has 0 spiro atoms. The number of ether oxygens (including phenoxy) is 1. The first kappa shape index (κ1) is 12.4. The van der Waals surface area contributed by atoms with Crippen LogP contribution in [0.4, 0.5) is 0 Å². The fourth-order valence-electron chi connectivity index (χ4n) is 2.24. The Morgan fingerprint density at radius 2 is 2.12 bits per heavy atom. The Kier molecular flexibility index (Phi) is 4.40. The van der Waals surface area contributed by atoms with Gasteiger partial charge in [-0.1, -0.05) is 12.1 Å². The Morgan fingerprint density at radius 3 is 2.82 bits per heavy atom. The van der Waals surface area contributed by atoms with Crippen LogP contribution in [0.5, 0.6) is 5.75 Å². The van der Waals surface area contributed by atoms with Crippen molar-refractivity contribution in [3.8, 4) is 5.75 Å². The first-order valence-corrected chi connectivity index (χ1v) is 6.40. The van der Waals surface area contributed by atoms with Crippen LogP contribution in [0.3, 0.4) is 0 Å². The molecule has 0 radical (unpaired) electrons. The van der Waals surface area contributed by atoms with E-state index in [2.05, 4.69) is 17.0 Å². The third-order valence-electron chi connectivity index (χ3n) is 3.17. The number of likely N-dealkylation sites (tertiary alicyclic amines) is 1. The average Bonchev–Trinajstić information content (AvgIpc) is 2.33. The van der Waals surface area contributed by atoms with E-state index in [1.807, 2.05) is 19.1 Å². The second-order valence-corrected chi connectivity index (χ2v) is 4.59. The highest BCUT2D eigenvalue weighted by atomic mass is 16.5. The molecule has 3 heteroatoms. The molecule has 1 aliphatic rings. The fourth-order valence-corrected chi connectivity index (χ4v) is 2.24. The molecule has 0 aromatic heterocycles. The lowest BCUT2D eigenvalue weighted by atomic mass is 10.1. The van der Waals surface area contributed by atoms with Gasteiger partial charge in [-0.3, -0.25) is 4.90 Å². The number of aliphatic hydroxyl groups excluding tert-OH is 1. The largest absolute Gasteiger partial charge is 0.494 e. The van der Waals surface area contributed by atoms with Crippen molar-refractivity contribution >= 4 is 0 Å². The van der Waals surface area contributed by atoms with Gasteiger partial charge in [0.1, 0.15) is 5.75 Å². The molecular formula is C14H21NO2. The van der Waals surface area contributed by atoms with E-state index >= 15 is 0 Å². The lowest BCUT2D eigenvalue weighted by Crippen LogP contribution is -2.35. The molecule has 3 nitrogen and oxygen atoms in total. The van der Waals surface area contributed by atoms with Crippen molar-refractivity contribution in [3.63, 3.8) is 0 Å². The van der Waals surface area contributed by atoms with Crippen LogP contribution in [-0.2, 0) is 6.54 Å². The average molecular weight is 235 g/mol. The van der Waals surface area contributed by atoms with E-state index in [4.69, 9.17) is 4.74 Å². The van der Waals surface area contributed by atoms with Crippen molar-refractivity contribution in [3.05, 3.63) is 29.8 Å². The van der Waals surface area contributed by atoms with Crippen molar-refractivity contribution in [2.45, 2.75) is 32.4 Å². The van der Waals surface area contributed by atoms with Gasteiger partial charge in [-0.2, -0.15) is 0 Å². The second kappa shape index (κ2) is 6.03. The highest BCUT2D eigenvalue weighted by Gasteiger charge is 2.16.